The van der Waals surface area contributed by atoms with Crippen molar-refractivity contribution in [1.29, 1.82) is 0 Å². The highest BCUT2D eigenvalue weighted by molar-refractivity contribution is 5.30. The van der Waals surface area contributed by atoms with Gasteiger partial charge in [0.2, 0.25) is 0 Å². The third kappa shape index (κ3) is 3.70. The molecule has 1 aromatic carbocycles. The summed E-state index contributed by atoms with van der Waals surface area (Å²) in [5.41, 5.74) is 0.685. The van der Waals surface area contributed by atoms with Crippen molar-refractivity contribution in [1.82, 2.24) is 5.32 Å². The molecule has 0 saturated carbocycles. The second kappa shape index (κ2) is 7.04. The molecule has 3 nitrogen and oxygen atoms in total. The van der Waals surface area contributed by atoms with Gasteiger partial charge in [-0.2, -0.15) is 0 Å². The molecular formula is C16H24FNO2. The van der Waals surface area contributed by atoms with Crippen LogP contribution in [0.25, 0.3) is 0 Å². The maximum Gasteiger partial charge on any atom is 0.131 e. The Hall–Kier alpha value is -1.13. The van der Waals surface area contributed by atoms with Crippen LogP contribution in [0.15, 0.2) is 18.2 Å². The summed E-state index contributed by atoms with van der Waals surface area (Å²) in [6.45, 7) is 5.85. The van der Waals surface area contributed by atoms with Gasteiger partial charge in [0.15, 0.2) is 0 Å². The van der Waals surface area contributed by atoms with Crippen LogP contribution in [0.5, 0.6) is 5.75 Å². The molecule has 2 rings (SSSR count). The smallest absolute Gasteiger partial charge is 0.131 e. The van der Waals surface area contributed by atoms with Crippen molar-refractivity contribution >= 4 is 0 Å². The molecule has 1 aromatic rings. The topological polar surface area (TPSA) is 30.5 Å². The number of methoxy groups -OCH3 is 1. The van der Waals surface area contributed by atoms with E-state index in [-0.39, 0.29) is 11.9 Å². The van der Waals surface area contributed by atoms with Crippen LogP contribution in [-0.2, 0) is 4.74 Å². The van der Waals surface area contributed by atoms with E-state index >= 15 is 0 Å². The number of nitrogens with one attached hydrogen (secondary N) is 1. The van der Waals surface area contributed by atoms with Gasteiger partial charge in [-0.25, -0.2) is 4.39 Å². The number of halogens is 1. The molecule has 1 heterocycles. The molecular weight excluding hydrogens is 257 g/mol. The van der Waals surface area contributed by atoms with Crippen molar-refractivity contribution in [3.8, 4) is 5.75 Å². The fourth-order valence-corrected chi connectivity index (χ4v) is 2.82. The zero-order valence-corrected chi connectivity index (χ0v) is 12.5. The van der Waals surface area contributed by atoms with E-state index in [2.05, 4.69) is 12.2 Å². The Bertz CT molecular complexity index is 432. The molecule has 1 fully saturated rings. The second-order valence-electron chi connectivity index (χ2n) is 5.51. The highest BCUT2D eigenvalue weighted by Gasteiger charge is 2.22. The standard InChI is InChI=1S/C16H24FNO2/c1-11(13-6-8-20-9-7-13)18-12(2)15-5-4-14(19-3)10-16(15)17/h4-5,10-13,18H,6-9H2,1-3H3. The molecule has 1 saturated heterocycles. The minimum Gasteiger partial charge on any atom is -0.497 e. The maximum absolute atomic E-state index is 14.0. The molecule has 0 spiro atoms. The third-order valence-corrected chi connectivity index (χ3v) is 4.16. The van der Waals surface area contributed by atoms with Crippen LogP contribution in [0.1, 0.15) is 38.3 Å². The second-order valence-corrected chi connectivity index (χ2v) is 5.51. The summed E-state index contributed by atoms with van der Waals surface area (Å²) in [6, 6.07) is 5.37. The molecule has 1 aliphatic heterocycles. The van der Waals surface area contributed by atoms with Crippen LogP contribution in [0.2, 0.25) is 0 Å². The lowest BCUT2D eigenvalue weighted by molar-refractivity contribution is 0.0546. The molecule has 4 heteroatoms. The molecule has 20 heavy (non-hydrogen) atoms. The molecule has 112 valence electrons. The van der Waals surface area contributed by atoms with Crippen LogP contribution in [0.3, 0.4) is 0 Å². The molecule has 2 atom stereocenters. The van der Waals surface area contributed by atoms with E-state index in [1.54, 1.807) is 19.2 Å². The van der Waals surface area contributed by atoms with E-state index in [0.29, 0.717) is 23.3 Å². The van der Waals surface area contributed by atoms with Crippen molar-refractivity contribution in [2.75, 3.05) is 20.3 Å². The Kier molecular flexibility index (Phi) is 5.38. The summed E-state index contributed by atoms with van der Waals surface area (Å²) in [7, 11) is 1.54. The largest absolute Gasteiger partial charge is 0.497 e. The quantitative estimate of drug-likeness (QED) is 0.898. The summed E-state index contributed by atoms with van der Waals surface area (Å²) in [5, 5.41) is 3.51. The van der Waals surface area contributed by atoms with Gasteiger partial charge < -0.3 is 14.8 Å². The monoisotopic (exact) mass is 281 g/mol. The van der Waals surface area contributed by atoms with Gasteiger partial charge in [-0.3, -0.25) is 0 Å². The Labute approximate surface area is 120 Å². The molecule has 1 aliphatic rings. The van der Waals surface area contributed by atoms with Crippen LogP contribution >= 0.6 is 0 Å². The summed E-state index contributed by atoms with van der Waals surface area (Å²) in [5.74, 6) is 0.937. The van der Waals surface area contributed by atoms with Gasteiger partial charge in [-0.05, 0) is 38.7 Å². The lowest BCUT2D eigenvalue weighted by atomic mass is 9.92. The molecule has 0 aromatic heterocycles. The summed E-state index contributed by atoms with van der Waals surface area (Å²) in [6.07, 6.45) is 2.15. The van der Waals surface area contributed by atoms with Crippen molar-refractivity contribution < 1.29 is 13.9 Å². The Morgan fingerprint density at radius 2 is 2.00 bits per heavy atom. The minimum absolute atomic E-state index is 0.0150. The van der Waals surface area contributed by atoms with E-state index in [0.717, 1.165) is 26.1 Å². The zero-order chi connectivity index (χ0) is 14.5. The molecule has 0 aliphatic carbocycles. The molecule has 0 amide bonds. The average molecular weight is 281 g/mol. The predicted octanol–water partition coefficient (Wildman–Crippen LogP) is 3.30. The van der Waals surface area contributed by atoms with Gasteiger partial charge >= 0.3 is 0 Å². The minimum atomic E-state index is -0.219. The van der Waals surface area contributed by atoms with E-state index < -0.39 is 0 Å². The van der Waals surface area contributed by atoms with Gasteiger partial charge in [0.05, 0.1) is 7.11 Å². The van der Waals surface area contributed by atoms with E-state index in [9.17, 15) is 4.39 Å². The number of ether oxygens (including phenoxy) is 2. The first kappa shape index (κ1) is 15.3. The number of hydrogen-bond donors (Lipinski definition) is 1. The van der Waals surface area contributed by atoms with Crippen LogP contribution in [0.4, 0.5) is 4.39 Å². The van der Waals surface area contributed by atoms with Crippen molar-refractivity contribution in [2.45, 2.75) is 38.8 Å². The van der Waals surface area contributed by atoms with Crippen LogP contribution in [-0.4, -0.2) is 26.4 Å². The van der Waals surface area contributed by atoms with Crippen molar-refractivity contribution in [2.24, 2.45) is 5.92 Å². The Balaban J connectivity index is 1.98. The molecule has 2 unspecified atom stereocenters. The zero-order valence-electron chi connectivity index (χ0n) is 12.5. The SMILES string of the molecule is COc1ccc(C(C)NC(C)C2CCOCC2)c(F)c1. The highest BCUT2D eigenvalue weighted by atomic mass is 19.1. The van der Waals surface area contributed by atoms with E-state index in [1.807, 2.05) is 6.92 Å². The lowest BCUT2D eigenvalue weighted by Crippen LogP contribution is -2.38. The number of hydrogen-bond acceptors (Lipinski definition) is 3. The molecule has 1 N–H and O–H groups in total. The van der Waals surface area contributed by atoms with E-state index in [4.69, 9.17) is 9.47 Å². The maximum atomic E-state index is 14.0. The first-order valence-electron chi connectivity index (χ1n) is 7.29. The lowest BCUT2D eigenvalue weighted by Gasteiger charge is -2.31. The normalized spacial score (nSPS) is 19.6. The first-order valence-corrected chi connectivity index (χ1v) is 7.29. The van der Waals surface area contributed by atoms with Gasteiger partial charge in [-0.1, -0.05) is 6.07 Å². The Morgan fingerprint density at radius 3 is 2.60 bits per heavy atom. The third-order valence-electron chi connectivity index (χ3n) is 4.16. The van der Waals surface area contributed by atoms with Gasteiger partial charge in [0.1, 0.15) is 11.6 Å². The van der Waals surface area contributed by atoms with Gasteiger partial charge in [-0.15, -0.1) is 0 Å². The predicted molar refractivity (Wildman–Crippen MR) is 77.5 cm³/mol. The van der Waals surface area contributed by atoms with Gasteiger partial charge in [0, 0.05) is 36.9 Å². The fourth-order valence-electron chi connectivity index (χ4n) is 2.82. The summed E-state index contributed by atoms with van der Waals surface area (Å²) >= 11 is 0. The Morgan fingerprint density at radius 1 is 1.30 bits per heavy atom. The van der Waals surface area contributed by atoms with Crippen LogP contribution < -0.4 is 10.1 Å². The number of rotatable bonds is 5. The fraction of sp³-hybridized carbons (Fsp3) is 0.625. The van der Waals surface area contributed by atoms with Crippen LogP contribution in [0, 0.1) is 11.7 Å². The van der Waals surface area contributed by atoms with Crippen molar-refractivity contribution in [3.63, 3.8) is 0 Å². The molecule has 0 radical (unpaired) electrons. The first-order chi connectivity index (χ1) is 9.61. The highest BCUT2D eigenvalue weighted by Crippen LogP contribution is 2.25. The molecule has 0 bridgehead atoms. The average Bonchev–Trinajstić information content (AvgIpc) is 2.47. The van der Waals surface area contributed by atoms with E-state index in [1.165, 1.54) is 6.07 Å². The summed E-state index contributed by atoms with van der Waals surface area (Å²) < 4.78 is 24.5. The van der Waals surface area contributed by atoms with Gasteiger partial charge in [0.25, 0.3) is 0 Å². The van der Waals surface area contributed by atoms with Crippen molar-refractivity contribution in [3.05, 3.63) is 29.6 Å². The number of benzene rings is 1. The summed E-state index contributed by atoms with van der Waals surface area (Å²) in [4.78, 5) is 0.